The summed E-state index contributed by atoms with van der Waals surface area (Å²) in [6.07, 6.45) is 2.56. The number of nitrogens with two attached hydrogens (primary N) is 1. The number of carbonyl (C=O) groups is 2. The molecule has 6 heteroatoms. The molecule has 0 saturated heterocycles. The lowest BCUT2D eigenvalue weighted by Crippen LogP contribution is -2.27. The predicted molar refractivity (Wildman–Crippen MR) is 81.2 cm³/mol. The van der Waals surface area contributed by atoms with Gasteiger partial charge in [0.2, 0.25) is 5.91 Å². The van der Waals surface area contributed by atoms with E-state index >= 15 is 0 Å². The molecule has 1 saturated carbocycles. The van der Waals surface area contributed by atoms with E-state index in [0.717, 1.165) is 24.1 Å². The van der Waals surface area contributed by atoms with Crippen LogP contribution in [0.3, 0.4) is 0 Å². The molecule has 0 heterocycles. The van der Waals surface area contributed by atoms with Crippen LogP contribution in [0.15, 0.2) is 12.1 Å². The highest BCUT2D eigenvalue weighted by Gasteiger charge is 2.22. The number of hydrogen-bond donors (Lipinski definition) is 3. The van der Waals surface area contributed by atoms with Gasteiger partial charge in [0.25, 0.3) is 0 Å². The number of amides is 1. The van der Waals surface area contributed by atoms with Crippen LogP contribution >= 0.6 is 0 Å². The second-order valence-electron chi connectivity index (χ2n) is 5.26. The molecule has 0 bridgehead atoms. The zero-order valence-corrected chi connectivity index (χ0v) is 12.4. The molecule has 6 nitrogen and oxygen atoms in total. The first kappa shape index (κ1) is 15.2. The second kappa shape index (κ2) is 6.47. The highest BCUT2D eigenvalue weighted by Crippen LogP contribution is 2.23. The average Bonchev–Trinajstić information content (AvgIpc) is 3.25. The van der Waals surface area contributed by atoms with E-state index in [-0.39, 0.29) is 5.91 Å². The van der Waals surface area contributed by atoms with E-state index in [1.807, 2.05) is 13.0 Å². The van der Waals surface area contributed by atoms with Crippen molar-refractivity contribution in [3.63, 3.8) is 0 Å². The number of nitrogen functional groups attached to an aromatic ring is 1. The minimum absolute atomic E-state index is 0.0466. The van der Waals surface area contributed by atoms with Gasteiger partial charge in [0, 0.05) is 30.4 Å². The zero-order valence-electron chi connectivity index (χ0n) is 12.4. The number of anilines is 2. The Labute approximate surface area is 124 Å². The molecule has 0 aromatic heterocycles. The molecule has 0 atom stereocenters. The number of rotatable bonds is 6. The summed E-state index contributed by atoms with van der Waals surface area (Å²) in [7, 11) is 1.32. The van der Waals surface area contributed by atoms with Crippen molar-refractivity contribution in [2.45, 2.75) is 32.2 Å². The maximum atomic E-state index is 11.7. The van der Waals surface area contributed by atoms with E-state index in [1.54, 1.807) is 6.07 Å². The Morgan fingerprint density at radius 1 is 1.38 bits per heavy atom. The molecule has 1 aliphatic rings. The van der Waals surface area contributed by atoms with Crippen LogP contribution in [0.4, 0.5) is 11.4 Å². The fraction of sp³-hybridized carbons (Fsp3) is 0.467. The summed E-state index contributed by atoms with van der Waals surface area (Å²) < 4.78 is 4.71. The van der Waals surface area contributed by atoms with Gasteiger partial charge in [-0.3, -0.25) is 4.79 Å². The standard InChI is InChI=1S/C15H21N3O3/c1-9-7-11(8-12(14(9)16)15(20)21-2)17-6-5-13(19)18-10-3-4-10/h7-8,10,17H,3-6,16H2,1-2H3,(H,18,19). The Hall–Kier alpha value is -2.24. The Morgan fingerprint density at radius 3 is 2.71 bits per heavy atom. The highest BCUT2D eigenvalue weighted by atomic mass is 16.5. The van der Waals surface area contributed by atoms with Crippen molar-refractivity contribution < 1.29 is 14.3 Å². The van der Waals surface area contributed by atoms with E-state index in [4.69, 9.17) is 10.5 Å². The molecule has 1 amide bonds. The number of methoxy groups -OCH3 is 1. The third-order valence-corrected chi connectivity index (χ3v) is 3.42. The maximum Gasteiger partial charge on any atom is 0.340 e. The lowest BCUT2D eigenvalue weighted by Gasteiger charge is -2.12. The Balaban J connectivity index is 1.94. The van der Waals surface area contributed by atoms with Crippen LogP contribution in [0.2, 0.25) is 0 Å². The van der Waals surface area contributed by atoms with Gasteiger partial charge in [-0.2, -0.15) is 0 Å². The Morgan fingerprint density at radius 2 is 2.10 bits per heavy atom. The number of aryl methyl sites for hydroxylation is 1. The number of benzene rings is 1. The van der Waals surface area contributed by atoms with Crippen molar-refractivity contribution in [2.75, 3.05) is 24.7 Å². The normalized spacial score (nSPS) is 13.6. The largest absolute Gasteiger partial charge is 0.465 e. The molecule has 1 aromatic carbocycles. The molecule has 4 N–H and O–H groups in total. The smallest absolute Gasteiger partial charge is 0.340 e. The summed E-state index contributed by atoms with van der Waals surface area (Å²) in [5.74, 6) is -0.420. The second-order valence-corrected chi connectivity index (χ2v) is 5.26. The van der Waals surface area contributed by atoms with Crippen LogP contribution < -0.4 is 16.4 Å². The summed E-state index contributed by atoms with van der Waals surface area (Å²) in [5, 5.41) is 6.06. The minimum Gasteiger partial charge on any atom is -0.465 e. The molecule has 2 rings (SSSR count). The van der Waals surface area contributed by atoms with Gasteiger partial charge in [0.05, 0.1) is 12.7 Å². The number of esters is 1. The lowest BCUT2D eigenvalue weighted by molar-refractivity contribution is -0.120. The molecule has 0 spiro atoms. The van der Waals surface area contributed by atoms with E-state index in [0.29, 0.717) is 30.3 Å². The SMILES string of the molecule is COC(=O)c1cc(NCCC(=O)NC2CC2)cc(C)c1N. The van der Waals surface area contributed by atoms with Gasteiger partial charge in [-0.05, 0) is 37.5 Å². The zero-order chi connectivity index (χ0) is 15.4. The van der Waals surface area contributed by atoms with Crippen molar-refractivity contribution in [1.29, 1.82) is 0 Å². The Bertz CT molecular complexity index is 553. The van der Waals surface area contributed by atoms with Gasteiger partial charge in [0.15, 0.2) is 0 Å². The molecule has 0 aliphatic heterocycles. The molecule has 1 aromatic rings. The number of carbonyl (C=O) groups excluding carboxylic acids is 2. The third-order valence-electron chi connectivity index (χ3n) is 3.42. The maximum absolute atomic E-state index is 11.7. The van der Waals surface area contributed by atoms with E-state index in [2.05, 4.69) is 10.6 Å². The van der Waals surface area contributed by atoms with Crippen LogP contribution in [0, 0.1) is 6.92 Å². The summed E-state index contributed by atoms with van der Waals surface area (Å²) in [6, 6.07) is 3.87. The van der Waals surface area contributed by atoms with Crippen molar-refractivity contribution >= 4 is 23.3 Å². The molecule has 1 aliphatic carbocycles. The van der Waals surface area contributed by atoms with Gasteiger partial charge in [0.1, 0.15) is 0 Å². The molecule has 21 heavy (non-hydrogen) atoms. The molecule has 0 radical (unpaired) electrons. The number of hydrogen-bond acceptors (Lipinski definition) is 5. The first-order valence-corrected chi connectivity index (χ1v) is 7.03. The Kier molecular flexibility index (Phi) is 4.67. The first-order chi connectivity index (χ1) is 10.0. The monoisotopic (exact) mass is 291 g/mol. The van der Waals surface area contributed by atoms with Crippen molar-refractivity contribution in [2.24, 2.45) is 0 Å². The summed E-state index contributed by atoms with van der Waals surface area (Å²) in [4.78, 5) is 23.2. The van der Waals surface area contributed by atoms with Gasteiger partial charge in [-0.25, -0.2) is 4.79 Å². The topological polar surface area (TPSA) is 93.4 Å². The predicted octanol–water partition coefficient (Wildman–Crippen LogP) is 1.44. The van der Waals surface area contributed by atoms with Crippen LogP contribution in [0.25, 0.3) is 0 Å². The summed E-state index contributed by atoms with van der Waals surface area (Å²) in [5.41, 5.74) is 8.17. The third kappa shape index (κ3) is 4.11. The van der Waals surface area contributed by atoms with Crippen molar-refractivity contribution in [3.05, 3.63) is 23.3 Å². The van der Waals surface area contributed by atoms with Gasteiger partial charge in [-0.1, -0.05) is 0 Å². The highest BCUT2D eigenvalue weighted by molar-refractivity contribution is 5.97. The quantitative estimate of drug-likeness (QED) is 0.545. The molecule has 114 valence electrons. The van der Waals surface area contributed by atoms with E-state index < -0.39 is 5.97 Å². The summed E-state index contributed by atoms with van der Waals surface area (Å²) >= 11 is 0. The first-order valence-electron chi connectivity index (χ1n) is 7.03. The molecular weight excluding hydrogens is 270 g/mol. The fourth-order valence-corrected chi connectivity index (χ4v) is 2.03. The minimum atomic E-state index is -0.467. The molecule has 0 unspecified atom stereocenters. The number of nitrogens with one attached hydrogen (secondary N) is 2. The van der Waals surface area contributed by atoms with Crippen molar-refractivity contribution in [1.82, 2.24) is 5.32 Å². The summed E-state index contributed by atoms with van der Waals surface area (Å²) in [6.45, 7) is 2.33. The van der Waals surface area contributed by atoms with E-state index in [9.17, 15) is 9.59 Å². The van der Waals surface area contributed by atoms with Crippen LogP contribution in [0.5, 0.6) is 0 Å². The van der Waals surface area contributed by atoms with Crippen molar-refractivity contribution in [3.8, 4) is 0 Å². The van der Waals surface area contributed by atoms with Gasteiger partial charge >= 0.3 is 5.97 Å². The molecular formula is C15H21N3O3. The van der Waals surface area contributed by atoms with E-state index in [1.165, 1.54) is 7.11 Å². The van der Waals surface area contributed by atoms with Gasteiger partial charge in [-0.15, -0.1) is 0 Å². The fourth-order valence-electron chi connectivity index (χ4n) is 2.03. The number of ether oxygens (including phenoxy) is 1. The lowest BCUT2D eigenvalue weighted by atomic mass is 10.1. The van der Waals surface area contributed by atoms with Gasteiger partial charge < -0.3 is 21.1 Å². The molecule has 1 fully saturated rings. The average molecular weight is 291 g/mol. The van der Waals surface area contributed by atoms with Crippen LogP contribution in [0.1, 0.15) is 35.2 Å². The van der Waals surface area contributed by atoms with Crippen LogP contribution in [-0.2, 0) is 9.53 Å². The van der Waals surface area contributed by atoms with Crippen LogP contribution in [-0.4, -0.2) is 31.6 Å².